The van der Waals surface area contributed by atoms with Crippen molar-refractivity contribution in [3.63, 3.8) is 0 Å². The van der Waals surface area contributed by atoms with Crippen molar-refractivity contribution in [3.8, 4) is 5.69 Å². The van der Waals surface area contributed by atoms with Crippen LogP contribution in [0.2, 0.25) is 0 Å². The van der Waals surface area contributed by atoms with E-state index in [4.69, 9.17) is 4.42 Å². The van der Waals surface area contributed by atoms with E-state index in [2.05, 4.69) is 67.1 Å². The van der Waals surface area contributed by atoms with Gasteiger partial charge in [-0.3, -0.25) is 4.79 Å². The third-order valence-electron chi connectivity index (χ3n) is 4.25. The van der Waals surface area contributed by atoms with Gasteiger partial charge in [-0.1, -0.05) is 18.2 Å². The lowest BCUT2D eigenvalue weighted by molar-refractivity contribution is 0.0927. The molecule has 2 heterocycles. The summed E-state index contributed by atoms with van der Waals surface area (Å²) in [6, 6.07) is 11.6. The van der Waals surface area contributed by atoms with Gasteiger partial charge in [-0.2, -0.15) is 5.10 Å². The number of benzene rings is 1. The van der Waals surface area contributed by atoms with Crippen LogP contribution in [0.1, 0.15) is 38.6 Å². The normalized spacial score (nSPS) is 11.2. The van der Waals surface area contributed by atoms with Gasteiger partial charge in [0.15, 0.2) is 5.76 Å². The number of para-hydroxylation sites is 1. The van der Waals surface area contributed by atoms with E-state index >= 15 is 0 Å². The zero-order chi connectivity index (χ0) is 18.0. The predicted molar refractivity (Wildman–Crippen MR) is 98.5 cm³/mol. The van der Waals surface area contributed by atoms with Crippen molar-refractivity contribution in [3.05, 3.63) is 76.5 Å². The summed E-state index contributed by atoms with van der Waals surface area (Å²) < 4.78 is 7.26. The molecule has 0 fully saturated rings. The molecule has 128 valence electrons. The Morgan fingerprint density at radius 1 is 1.12 bits per heavy atom. The number of nitrogens with zero attached hydrogens (tertiary/aromatic N) is 2. The average molecular weight is 335 g/mol. The van der Waals surface area contributed by atoms with Crippen LogP contribution in [0.25, 0.3) is 5.69 Å². The van der Waals surface area contributed by atoms with Crippen LogP contribution in [-0.2, 0) is 0 Å². The topological polar surface area (TPSA) is 59.5 Å². The number of furan rings is 1. The fourth-order valence-electron chi connectivity index (χ4n) is 3.04. The van der Waals surface area contributed by atoms with Crippen molar-refractivity contribution >= 4 is 12.1 Å². The third kappa shape index (κ3) is 3.26. The van der Waals surface area contributed by atoms with Gasteiger partial charge in [-0.05, 0) is 57.0 Å². The Morgan fingerprint density at radius 3 is 2.48 bits per heavy atom. The molecule has 0 saturated heterocycles. The highest BCUT2D eigenvalue weighted by Crippen LogP contribution is 2.25. The highest BCUT2D eigenvalue weighted by atomic mass is 16.3. The second kappa shape index (κ2) is 6.81. The molecule has 0 spiro atoms. The monoisotopic (exact) mass is 335 g/mol. The molecule has 1 amide bonds. The van der Waals surface area contributed by atoms with E-state index in [0.29, 0.717) is 0 Å². The number of aromatic nitrogens is 1. The lowest BCUT2D eigenvalue weighted by Gasteiger charge is -2.15. The minimum Gasteiger partial charge on any atom is -0.459 e. The quantitative estimate of drug-likeness (QED) is 0.577. The highest BCUT2D eigenvalue weighted by Gasteiger charge is 2.13. The van der Waals surface area contributed by atoms with Gasteiger partial charge < -0.3 is 8.98 Å². The number of amides is 1. The molecule has 3 rings (SSSR count). The molecule has 0 aliphatic carbocycles. The van der Waals surface area contributed by atoms with E-state index < -0.39 is 0 Å². The minimum atomic E-state index is -0.371. The van der Waals surface area contributed by atoms with Gasteiger partial charge in [0.1, 0.15) is 0 Å². The Hall–Kier alpha value is -3.08. The summed E-state index contributed by atoms with van der Waals surface area (Å²) in [5.74, 6) is -0.136. The Kier molecular flexibility index (Phi) is 4.57. The number of nitrogens with one attached hydrogen (secondary N) is 1. The smallest absolute Gasteiger partial charge is 0.307 e. The molecular weight excluding hydrogens is 314 g/mol. The van der Waals surface area contributed by atoms with Gasteiger partial charge >= 0.3 is 5.91 Å². The molecule has 0 saturated carbocycles. The van der Waals surface area contributed by atoms with E-state index in [1.54, 1.807) is 18.3 Å². The number of hydrogen-bond donors (Lipinski definition) is 1. The number of rotatable bonds is 4. The molecule has 2 aromatic heterocycles. The summed E-state index contributed by atoms with van der Waals surface area (Å²) in [5.41, 5.74) is 9.26. The number of aryl methyl sites for hydroxylation is 3. The maximum atomic E-state index is 11.8. The van der Waals surface area contributed by atoms with E-state index in [1.807, 2.05) is 0 Å². The van der Waals surface area contributed by atoms with Crippen LogP contribution in [0.5, 0.6) is 0 Å². The van der Waals surface area contributed by atoms with Crippen molar-refractivity contribution in [1.82, 2.24) is 9.99 Å². The minimum absolute atomic E-state index is 0.234. The number of hydrogen-bond acceptors (Lipinski definition) is 3. The van der Waals surface area contributed by atoms with Crippen LogP contribution in [0.3, 0.4) is 0 Å². The molecule has 0 radical (unpaired) electrons. The summed E-state index contributed by atoms with van der Waals surface area (Å²) in [7, 11) is 0. The van der Waals surface area contributed by atoms with Crippen LogP contribution >= 0.6 is 0 Å². The average Bonchev–Trinajstić information content (AvgIpc) is 3.19. The van der Waals surface area contributed by atoms with Crippen LogP contribution in [-0.4, -0.2) is 16.7 Å². The summed E-state index contributed by atoms with van der Waals surface area (Å²) in [4.78, 5) is 11.8. The first-order valence-corrected chi connectivity index (χ1v) is 8.11. The highest BCUT2D eigenvalue weighted by molar-refractivity contribution is 5.92. The Morgan fingerprint density at radius 2 is 1.84 bits per heavy atom. The number of hydrazone groups is 1. The second-order valence-corrected chi connectivity index (χ2v) is 6.08. The fraction of sp³-hybridized carbons (Fsp3) is 0.200. The maximum Gasteiger partial charge on any atom is 0.307 e. The zero-order valence-electron chi connectivity index (χ0n) is 14.8. The SMILES string of the molecule is Cc1cccc(C)c1-n1c(C)cc(/C=N\NC(=O)c2ccco2)c1C. The largest absolute Gasteiger partial charge is 0.459 e. The Bertz CT molecular complexity index is 914. The molecule has 0 unspecified atom stereocenters. The molecule has 3 aromatic rings. The van der Waals surface area contributed by atoms with Gasteiger partial charge in [0.05, 0.1) is 18.2 Å². The third-order valence-corrected chi connectivity index (χ3v) is 4.25. The van der Waals surface area contributed by atoms with E-state index in [-0.39, 0.29) is 11.7 Å². The Labute approximate surface area is 147 Å². The van der Waals surface area contributed by atoms with E-state index in [1.165, 1.54) is 23.1 Å². The first-order chi connectivity index (χ1) is 12.0. The van der Waals surface area contributed by atoms with E-state index in [0.717, 1.165) is 17.0 Å². The van der Waals surface area contributed by atoms with Crippen LogP contribution in [0.15, 0.2) is 52.2 Å². The van der Waals surface area contributed by atoms with Gasteiger partial charge in [0.25, 0.3) is 0 Å². The lowest BCUT2D eigenvalue weighted by Crippen LogP contribution is -2.16. The number of carbonyl (C=O) groups is 1. The molecule has 0 aliphatic rings. The zero-order valence-corrected chi connectivity index (χ0v) is 14.8. The standard InChI is InChI=1S/C20H21N3O2/c1-13-7-5-8-14(2)19(13)23-15(3)11-17(16(23)4)12-21-22-20(24)18-9-6-10-25-18/h5-12H,1-4H3,(H,22,24)/b21-12-. The summed E-state index contributed by atoms with van der Waals surface area (Å²) in [5, 5.41) is 4.05. The molecule has 25 heavy (non-hydrogen) atoms. The number of carbonyl (C=O) groups excluding carboxylic acids is 1. The van der Waals surface area contributed by atoms with Crippen molar-refractivity contribution in [2.75, 3.05) is 0 Å². The molecule has 5 heteroatoms. The van der Waals surface area contributed by atoms with Crippen molar-refractivity contribution in [2.45, 2.75) is 27.7 Å². The molecule has 0 aliphatic heterocycles. The summed E-state index contributed by atoms with van der Waals surface area (Å²) in [6.07, 6.45) is 3.12. The molecule has 5 nitrogen and oxygen atoms in total. The van der Waals surface area contributed by atoms with Crippen LogP contribution in [0, 0.1) is 27.7 Å². The molecule has 0 bridgehead atoms. The van der Waals surface area contributed by atoms with Gasteiger partial charge in [-0.25, -0.2) is 5.43 Å². The van der Waals surface area contributed by atoms with Gasteiger partial charge in [-0.15, -0.1) is 0 Å². The molecule has 0 atom stereocenters. The summed E-state index contributed by atoms with van der Waals surface area (Å²) >= 11 is 0. The van der Waals surface area contributed by atoms with Crippen molar-refractivity contribution in [1.29, 1.82) is 0 Å². The first kappa shape index (κ1) is 16.8. The van der Waals surface area contributed by atoms with Crippen LogP contribution in [0.4, 0.5) is 0 Å². The molecular formula is C20H21N3O2. The molecule has 1 N–H and O–H groups in total. The summed E-state index contributed by atoms with van der Waals surface area (Å²) in [6.45, 7) is 8.34. The van der Waals surface area contributed by atoms with Crippen molar-refractivity contribution in [2.24, 2.45) is 5.10 Å². The fourth-order valence-corrected chi connectivity index (χ4v) is 3.04. The first-order valence-electron chi connectivity index (χ1n) is 8.11. The molecule has 1 aromatic carbocycles. The van der Waals surface area contributed by atoms with E-state index in [9.17, 15) is 4.79 Å². The van der Waals surface area contributed by atoms with Gasteiger partial charge in [0.2, 0.25) is 0 Å². The maximum absolute atomic E-state index is 11.8. The predicted octanol–water partition coefficient (Wildman–Crippen LogP) is 4.07. The van der Waals surface area contributed by atoms with Gasteiger partial charge in [0, 0.05) is 17.0 Å². The van der Waals surface area contributed by atoms with Crippen molar-refractivity contribution < 1.29 is 9.21 Å². The Balaban J connectivity index is 1.87. The van der Waals surface area contributed by atoms with Crippen LogP contribution < -0.4 is 5.43 Å². The second-order valence-electron chi connectivity index (χ2n) is 6.08. The lowest BCUT2D eigenvalue weighted by atomic mass is 10.1.